The molecule has 18 heavy (non-hydrogen) atoms. The zero-order valence-corrected chi connectivity index (χ0v) is 11.7. The Balaban J connectivity index is 2.05. The molecule has 100 valence electrons. The van der Waals surface area contributed by atoms with Gasteiger partial charge in [0.05, 0.1) is 6.61 Å². The van der Waals surface area contributed by atoms with Crippen LogP contribution in [0.4, 0.5) is 0 Å². The lowest BCUT2D eigenvalue weighted by Crippen LogP contribution is -2.42. The van der Waals surface area contributed by atoms with E-state index in [4.69, 9.17) is 4.74 Å². The first kappa shape index (κ1) is 13.4. The van der Waals surface area contributed by atoms with Crippen LogP contribution in [0, 0.1) is 0 Å². The number of rotatable bonds is 4. The topological polar surface area (TPSA) is 41.5 Å². The first-order chi connectivity index (χ1) is 8.31. The van der Waals surface area contributed by atoms with Crippen LogP contribution in [0.3, 0.4) is 0 Å². The molecule has 0 bridgehead atoms. The van der Waals surface area contributed by atoms with E-state index in [-0.39, 0.29) is 17.7 Å². The Hall–Kier alpha value is -1.06. The Morgan fingerprint density at radius 3 is 2.78 bits per heavy atom. The van der Waals surface area contributed by atoms with E-state index in [1.54, 1.807) is 0 Å². The van der Waals surface area contributed by atoms with Crippen molar-refractivity contribution in [1.82, 2.24) is 5.32 Å². The van der Waals surface area contributed by atoms with E-state index in [9.17, 15) is 5.11 Å². The maximum Gasteiger partial charge on any atom is 0.123 e. The Kier molecular flexibility index (Phi) is 3.39. The minimum atomic E-state index is -0.241. The Morgan fingerprint density at radius 2 is 2.11 bits per heavy atom. The highest BCUT2D eigenvalue weighted by atomic mass is 16.5. The zero-order valence-electron chi connectivity index (χ0n) is 11.7. The molecule has 0 unspecified atom stereocenters. The summed E-state index contributed by atoms with van der Waals surface area (Å²) in [4.78, 5) is 0. The SMILES string of the molecule is CC(C)(CO)NCc1ccc2c(c1)CC(C)(C)O2. The Bertz CT molecular complexity index is 438. The van der Waals surface area contributed by atoms with Gasteiger partial charge in [-0.15, -0.1) is 0 Å². The molecule has 0 saturated heterocycles. The third-order valence-corrected chi connectivity index (χ3v) is 3.29. The number of aliphatic hydroxyl groups excluding tert-OH is 1. The van der Waals surface area contributed by atoms with Gasteiger partial charge >= 0.3 is 0 Å². The largest absolute Gasteiger partial charge is 0.487 e. The number of aliphatic hydroxyl groups is 1. The van der Waals surface area contributed by atoms with E-state index < -0.39 is 0 Å². The second kappa shape index (κ2) is 4.56. The molecule has 0 aromatic heterocycles. The standard InChI is InChI=1S/C15H23NO2/c1-14(2,10-17)16-9-11-5-6-13-12(7-11)8-15(3,4)18-13/h5-7,16-17H,8-10H2,1-4H3. The molecule has 0 radical (unpaired) electrons. The first-order valence-corrected chi connectivity index (χ1v) is 6.48. The summed E-state index contributed by atoms with van der Waals surface area (Å²) in [5.74, 6) is 1.00. The van der Waals surface area contributed by atoms with Gasteiger partial charge in [0.15, 0.2) is 0 Å². The van der Waals surface area contributed by atoms with Crippen LogP contribution in [-0.2, 0) is 13.0 Å². The quantitative estimate of drug-likeness (QED) is 0.860. The fraction of sp³-hybridized carbons (Fsp3) is 0.600. The van der Waals surface area contributed by atoms with Gasteiger partial charge in [-0.1, -0.05) is 12.1 Å². The fourth-order valence-corrected chi connectivity index (χ4v) is 2.17. The minimum absolute atomic E-state index is 0.0846. The molecule has 0 spiro atoms. The molecule has 3 heteroatoms. The lowest BCUT2D eigenvalue weighted by molar-refractivity contribution is 0.138. The molecular formula is C15H23NO2. The number of benzene rings is 1. The average molecular weight is 249 g/mol. The van der Waals surface area contributed by atoms with Gasteiger partial charge in [0.25, 0.3) is 0 Å². The predicted octanol–water partition coefficient (Wildman–Crippen LogP) is 2.26. The second-order valence-corrected chi connectivity index (χ2v) is 6.38. The van der Waals surface area contributed by atoms with Crippen molar-refractivity contribution in [1.29, 1.82) is 0 Å². The Morgan fingerprint density at radius 1 is 1.39 bits per heavy atom. The molecule has 1 aromatic rings. The van der Waals surface area contributed by atoms with Crippen molar-refractivity contribution in [2.45, 2.75) is 51.8 Å². The highest BCUT2D eigenvalue weighted by Gasteiger charge is 2.29. The summed E-state index contributed by atoms with van der Waals surface area (Å²) in [5, 5.41) is 12.6. The van der Waals surface area contributed by atoms with Crippen LogP contribution in [0.15, 0.2) is 18.2 Å². The normalized spacial score (nSPS) is 17.4. The lowest BCUT2D eigenvalue weighted by Gasteiger charge is -2.23. The molecule has 0 atom stereocenters. The van der Waals surface area contributed by atoms with E-state index in [0.29, 0.717) is 0 Å². The van der Waals surface area contributed by atoms with Crippen molar-refractivity contribution >= 4 is 0 Å². The van der Waals surface area contributed by atoms with Gasteiger partial charge in [0.2, 0.25) is 0 Å². The third kappa shape index (κ3) is 3.03. The molecule has 2 rings (SSSR count). The van der Waals surface area contributed by atoms with Crippen molar-refractivity contribution in [2.24, 2.45) is 0 Å². The van der Waals surface area contributed by atoms with Crippen LogP contribution in [0.5, 0.6) is 5.75 Å². The average Bonchev–Trinajstić information content (AvgIpc) is 2.59. The molecule has 0 saturated carbocycles. The van der Waals surface area contributed by atoms with Crippen molar-refractivity contribution < 1.29 is 9.84 Å². The van der Waals surface area contributed by atoms with Gasteiger partial charge in [0.1, 0.15) is 11.4 Å². The maximum atomic E-state index is 9.21. The van der Waals surface area contributed by atoms with E-state index in [0.717, 1.165) is 18.7 Å². The smallest absolute Gasteiger partial charge is 0.123 e. The summed E-state index contributed by atoms with van der Waals surface area (Å²) in [6.07, 6.45) is 0.958. The van der Waals surface area contributed by atoms with Crippen LogP contribution in [0.2, 0.25) is 0 Å². The highest BCUT2D eigenvalue weighted by molar-refractivity contribution is 5.41. The van der Waals surface area contributed by atoms with E-state index in [2.05, 4.69) is 31.3 Å². The number of fused-ring (bicyclic) bond motifs is 1. The van der Waals surface area contributed by atoms with Crippen LogP contribution < -0.4 is 10.1 Å². The van der Waals surface area contributed by atoms with Gasteiger partial charge < -0.3 is 15.2 Å². The number of ether oxygens (including phenoxy) is 1. The summed E-state index contributed by atoms with van der Waals surface area (Å²) in [7, 11) is 0. The molecule has 0 fully saturated rings. The van der Waals surface area contributed by atoms with E-state index in [1.165, 1.54) is 11.1 Å². The molecule has 1 aliphatic rings. The monoisotopic (exact) mass is 249 g/mol. The summed E-state index contributed by atoms with van der Waals surface area (Å²) in [6, 6.07) is 6.33. The molecule has 1 heterocycles. The molecule has 3 nitrogen and oxygen atoms in total. The van der Waals surface area contributed by atoms with Crippen molar-refractivity contribution in [3.05, 3.63) is 29.3 Å². The van der Waals surface area contributed by atoms with Crippen LogP contribution in [0.1, 0.15) is 38.8 Å². The van der Waals surface area contributed by atoms with Gasteiger partial charge in [0, 0.05) is 18.5 Å². The lowest BCUT2D eigenvalue weighted by atomic mass is 10.00. The molecule has 1 aromatic carbocycles. The second-order valence-electron chi connectivity index (χ2n) is 6.38. The van der Waals surface area contributed by atoms with Crippen LogP contribution in [-0.4, -0.2) is 22.9 Å². The zero-order chi connectivity index (χ0) is 13.4. The van der Waals surface area contributed by atoms with Crippen molar-refractivity contribution in [2.75, 3.05) is 6.61 Å². The predicted molar refractivity (Wildman–Crippen MR) is 72.9 cm³/mol. The highest BCUT2D eigenvalue weighted by Crippen LogP contribution is 2.35. The fourth-order valence-electron chi connectivity index (χ4n) is 2.17. The van der Waals surface area contributed by atoms with E-state index >= 15 is 0 Å². The van der Waals surface area contributed by atoms with Gasteiger partial charge in [-0.25, -0.2) is 0 Å². The summed E-state index contributed by atoms with van der Waals surface area (Å²) in [5.41, 5.74) is 2.19. The van der Waals surface area contributed by atoms with Crippen molar-refractivity contribution in [3.63, 3.8) is 0 Å². The van der Waals surface area contributed by atoms with Crippen LogP contribution >= 0.6 is 0 Å². The van der Waals surface area contributed by atoms with Gasteiger partial charge in [-0.05, 0) is 44.9 Å². The van der Waals surface area contributed by atoms with E-state index in [1.807, 2.05) is 19.9 Å². The summed E-state index contributed by atoms with van der Waals surface area (Å²) >= 11 is 0. The van der Waals surface area contributed by atoms with Gasteiger partial charge in [-0.3, -0.25) is 0 Å². The molecule has 0 aliphatic carbocycles. The first-order valence-electron chi connectivity index (χ1n) is 6.48. The number of hydrogen-bond donors (Lipinski definition) is 2. The number of hydrogen-bond acceptors (Lipinski definition) is 3. The van der Waals surface area contributed by atoms with Crippen LogP contribution in [0.25, 0.3) is 0 Å². The molecule has 2 N–H and O–H groups in total. The number of nitrogens with one attached hydrogen (secondary N) is 1. The van der Waals surface area contributed by atoms with Crippen molar-refractivity contribution in [3.8, 4) is 5.75 Å². The Labute approximate surface area is 109 Å². The minimum Gasteiger partial charge on any atom is -0.487 e. The molecular weight excluding hydrogens is 226 g/mol. The maximum absolute atomic E-state index is 9.21. The molecule has 1 aliphatic heterocycles. The summed E-state index contributed by atoms with van der Waals surface area (Å²) in [6.45, 7) is 9.11. The summed E-state index contributed by atoms with van der Waals surface area (Å²) < 4.78 is 5.86. The van der Waals surface area contributed by atoms with Gasteiger partial charge in [-0.2, -0.15) is 0 Å². The third-order valence-electron chi connectivity index (χ3n) is 3.29. The molecule has 0 amide bonds.